The zero-order valence-electron chi connectivity index (χ0n) is 8.60. The molecule has 2 rings (SSSR count). The van der Waals surface area contributed by atoms with Crippen LogP contribution in [0.15, 0.2) is 24.0 Å². The maximum absolute atomic E-state index is 11.5. The Morgan fingerprint density at radius 2 is 2.13 bits per heavy atom. The SMILES string of the molecule is CC1=CC(=O)N(Cc2cnn(C)c2)C1=O. The van der Waals surface area contributed by atoms with Crippen molar-refractivity contribution >= 4 is 11.8 Å². The second-order valence-electron chi connectivity index (χ2n) is 3.58. The summed E-state index contributed by atoms with van der Waals surface area (Å²) in [6.07, 6.45) is 4.79. The number of nitrogens with zero attached hydrogens (tertiary/aromatic N) is 3. The van der Waals surface area contributed by atoms with E-state index in [1.807, 2.05) is 0 Å². The minimum absolute atomic E-state index is 0.219. The van der Waals surface area contributed by atoms with Crippen LogP contribution in [0.1, 0.15) is 12.5 Å². The molecule has 78 valence electrons. The van der Waals surface area contributed by atoms with Crippen LogP contribution in [-0.2, 0) is 23.2 Å². The number of carbonyl (C=O) groups is 2. The van der Waals surface area contributed by atoms with Gasteiger partial charge in [0, 0.05) is 30.5 Å². The highest BCUT2D eigenvalue weighted by Crippen LogP contribution is 2.15. The molecule has 1 aromatic rings. The quantitative estimate of drug-likeness (QED) is 0.650. The summed E-state index contributed by atoms with van der Waals surface area (Å²) < 4.78 is 1.64. The number of rotatable bonds is 2. The van der Waals surface area contributed by atoms with Crippen LogP contribution >= 0.6 is 0 Å². The third-order valence-corrected chi connectivity index (χ3v) is 2.29. The predicted molar refractivity (Wildman–Crippen MR) is 52.5 cm³/mol. The molecule has 0 saturated carbocycles. The van der Waals surface area contributed by atoms with Gasteiger partial charge in [0.2, 0.25) is 0 Å². The van der Waals surface area contributed by atoms with Crippen molar-refractivity contribution in [2.45, 2.75) is 13.5 Å². The van der Waals surface area contributed by atoms with Crippen molar-refractivity contribution in [2.75, 3.05) is 0 Å². The van der Waals surface area contributed by atoms with Gasteiger partial charge in [-0.25, -0.2) is 0 Å². The Morgan fingerprint density at radius 1 is 1.40 bits per heavy atom. The third-order valence-electron chi connectivity index (χ3n) is 2.29. The summed E-state index contributed by atoms with van der Waals surface area (Å²) in [4.78, 5) is 24.2. The fourth-order valence-corrected chi connectivity index (χ4v) is 1.52. The van der Waals surface area contributed by atoms with Crippen molar-refractivity contribution in [3.8, 4) is 0 Å². The van der Waals surface area contributed by atoms with Gasteiger partial charge in [-0.3, -0.25) is 19.2 Å². The first-order valence-electron chi connectivity index (χ1n) is 4.59. The van der Waals surface area contributed by atoms with Gasteiger partial charge in [0.05, 0.1) is 12.7 Å². The van der Waals surface area contributed by atoms with Crippen LogP contribution in [0.4, 0.5) is 0 Å². The second kappa shape index (κ2) is 3.34. The molecule has 0 spiro atoms. The molecule has 0 radical (unpaired) electrons. The first-order valence-corrected chi connectivity index (χ1v) is 4.59. The summed E-state index contributed by atoms with van der Waals surface area (Å²) in [6, 6.07) is 0. The Balaban J connectivity index is 2.15. The van der Waals surface area contributed by atoms with Gasteiger partial charge < -0.3 is 0 Å². The molecule has 5 nitrogen and oxygen atoms in total. The lowest BCUT2D eigenvalue weighted by Crippen LogP contribution is -2.30. The molecule has 0 unspecified atom stereocenters. The van der Waals surface area contributed by atoms with Crippen LogP contribution in [0.25, 0.3) is 0 Å². The van der Waals surface area contributed by atoms with Crippen LogP contribution in [-0.4, -0.2) is 26.5 Å². The Labute approximate surface area is 87.0 Å². The zero-order valence-corrected chi connectivity index (χ0v) is 8.60. The zero-order chi connectivity index (χ0) is 11.0. The number of hydrogen-bond acceptors (Lipinski definition) is 3. The fraction of sp³-hybridized carbons (Fsp3) is 0.300. The average molecular weight is 205 g/mol. The number of imide groups is 1. The summed E-state index contributed by atoms with van der Waals surface area (Å²) >= 11 is 0. The van der Waals surface area contributed by atoms with E-state index in [2.05, 4.69) is 5.10 Å². The van der Waals surface area contributed by atoms with E-state index < -0.39 is 0 Å². The Hall–Kier alpha value is -1.91. The van der Waals surface area contributed by atoms with E-state index in [4.69, 9.17) is 0 Å². The molecule has 0 fully saturated rings. The third kappa shape index (κ3) is 1.68. The summed E-state index contributed by atoms with van der Waals surface area (Å²) in [5.74, 6) is -0.467. The molecule has 5 heteroatoms. The van der Waals surface area contributed by atoms with Crippen molar-refractivity contribution < 1.29 is 9.59 Å². The van der Waals surface area contributed by atoms with Gasteiger partial charge in [0.25, 0.3) is 11.8 Å². The van der Waals surface area contributed by atoms with Crippen LogP contribution in [0, 0.1) is 0 Å². The Bertz CT molecular complexity index is 459. The van der Waals surface area contributed by atoms with Crippen molar-refractivity contribution in [1.82, 2.24) is 14.7 Å². The Kier molecular flexibility index (Phi) is 2.15. The molecule has 2 amide bonds. The lowest BCUT2D eigenvalue weighted by molar-refractivity contribution is -0.137. The molecule has 1 aliphatic heterocycles. The van der Waals surface area contributed by atoms with E-state index in [9.17, 15) is 9.59 Å². The second-order valence-corrected chi connectivity index (χ2v) is 3.58. The number of amides is 2. The lowest BCUT2D eigenvalue weighted by atomic mass is 10.3. The molecule has 0 bridgehead atoms. The van der Waals surface area contributed by atoms with Crippen LogP contribution in [0.5, 0.6) is 0 Å². The van der Waals surface area contributed by atoms with Crippen LogP contribution in [0.2, 0.25) is 0 Å². The fourth-order valence-electron chi connectivity index (χ4n) is 1.52. The van der Waals surface area contributed by atoms with Gasteiger partial charge >= 0.3 is 0 Å². The number of carbonyl (C=O) groups excluding carboxylic acids is 2. The molecule has 1 aliphatic rings. The standard InChI is InChI=1S/C10H11N3O2/c1-7-3-9(14)13(10(7)15)6-8-4-11-12(2)5-8/h3-5H,6H2,1-2H3. The van der Waals surface area contributed by atoms with Gasteiger partial charge in [0.1, 0.15) is 0 Å². The summed E-state index contributed by atoms with van der Waals surface area (Å²) in [7, 11) is 1.79. The molecule has 0 atom stereocenters. The van der Waals surface area contributed by atoms with E-state index >= 15 is 0 Å². The topological polar surface area (TPSA) is 55.2 Å². The first kappa shape index (κ1) is 9.64. The van der Waals surface area contributed by atoms with E-state index in [0.29, 0.717) is 12.1 Å². The molecule has 15 heavy (non-hydrogen) atoms. The van der Waals surface area contributed by atoms with Gasteiger partial charge in [-0.2, -0.15) is 5.10 Å². The summed E-state index contributed by atoms with van der Waals surface area (Å²) in [5.41, 5.74) is 1.34. The van der Waals surface area contributed by atoms with Crippen LogP contribution in [0.3, 0.4) is 0 Å². The predicted octanol–water partition coefficient (Wildman–Crippen LogP) is 0.235. The highest BCUT2D eigenvalue weighted by atomic mass is 16.2. The first-order chi connectivity index (χ1) is 7.08. The number of hydrogen-bond donors (Lipinski definition) is 0. The monoisotopic (exact) mass is 205 g/mol. The highest BCUT2D eigenvalue weighted by Gasteiger charge is 2.28. The molecule has 0 aliphatic carbocycles. The van der Waals surface area contributed by atoms with Gasteiger partial charge in [-0.1, -0.05) is 0 Å². The molecular formula is C10H11N3O2. The number of aryl methyl sites for hydroxylation is 1. The van der Waals surface area contributed by atoms with E-state index in [-0.39, 0.29) is 11.8 Å². The molecule has 0 saturated heterocycles. The molecule has 0 N–H and O–H groups in total. The normalized spacial score (nSPS) is 16.1. The lowest BCUT2D eigenvalue weighted by Gasteiger charge is -2.12. The maximum atomic E-state index is 11.5. The smallest absolute Gasteiger partial charge is 0.256 e. The minimum Gasteiger partial charge on any atom is -0.275 e. The summed E-state index contributed by atoms with van der Waals surface area (Å²) in [5, 5.41) is 3.98. The Morgan fingerprint density at radius 3 is 2.60 bits per heavy atom. The molecular weight excluding hydrogens is 194 g/mol. The maximum Gasteiger partial charge on any atom is 0.256 e. The van der Waals surface area contributed by atoms with E-state index in [0.717, 1.165) is 5.56 Å². The largest absolute Gasteiger partial charge is 0.275 e. The van der Waals surface area contributed by atoms with Crippen LogP contribution < -0.4 is 0 Å². The van der Waals surface area contributed by atoms with E-state index in [1.165, 1.54) is 11.0 Å². The molecule has 0 aromatic carbocycles. The summed E-state index contributed by atoms with van der Waals surface area (Å²) in [6.45, 7) is 1.93. The van der Waals surface area contributed by atoms with Crippen molar-refractivity contribution in [1.29, 1.82) is 0 Å². The molecule has 2 heterocycles. The van der Waals surface area contributed by atoms with Crippen molar-refractivity contribution in [3.63, 3.8) is 0 Å². The van der Waals surface area contributed by atoms with Gasteiger partial charge in [-0.05, 0) is 6.92 Å². The number of aromatic nitrogens is 2. The van der Waals surface area contributed by atoms with Crippen molar-refractivity contribution in [3.05, 3.63) is 29.6 Å². The average Bonchev–Trinajstić information content (AvgIpc) is 2.67. The molecule has 1 aromatic heterocycles. The van der Waals surface area contributed by atoms with Crippen molar-refractivity contribution in [2.24, 2.45) is 7.05 Å². The highest BCUT2D eigenvalue weighted by molar-refractivity contribution is 6.15. The minimum atomic E-state index is -0.249. The van der Waals surface area contributed by atoms with Gasteiger partial charge in [0.15, 0.2) is 0 Å². The van der Waals surface area contributed by atoms with E-state index in [1.54, 1.807) is 31.0 Å². The van der Waals surface area contributed by atoms with Gasteiger partial charge in [-0.15, -0.1) is 0 Å².